The van der Waals surface area contributed by atoms with Crippen molar-refractivity contribution in [1.82, 2.24) is 20.4 Å². The lowest BCUT2D eigenvalue weighted by molar-refractivity contribution is 0.0707. The minimum Gasteiger partial charge on any atom is -0.336 e. The van der Waals surface area contributed by atoms with Crippen LogP contribution in [0, 0.1) is 13.8 Å². The molecule has 1 aliphatic rings. The van der Waals surface area contributed by atoms with E-state index in [1.54, 1.807) is 0 Å². The van der Waals surface area contributed by atoms with Gasteiger partial charge < -0.3 is 10.2 Å². The van der Waals surface area contributed by atoms with Gasteiger partial charge in [-0.25, -0.2) is 0 Å². The highest BCUT2D eigenvalue weighted by Gasteiger charge is 2.23. The molecule has 92 valence electrons. The van der Waals surface area contributed by atoms with Gasteiger partial charge in [-0.2, -0.15) is 10.2 Å². The summed E-state index contributed by atoms with van der Waals surface area (Å²) >= 11 is 0. The van der Waals surface area contributed by atoms with Gasteiger partial charge in [-0.3, -0.25) is 4.79 Å². The fourth-order valence-corrected chi connectivity index (χ4v) is 2.05. The summed E-state index contributed by atoms with van der Waals surface area (Å²) in [6, 6.07) is 2.17. The molecule has 1 atom stereocenters. The van der Waals surface area contributed by atoms with Crippen LogP contribution < -0.4 is 5.32 Å². The largest absolute Gasteiger partial charge is 0.336 e. The minimum absolute atomic E-state index is 0.0638. The standard InChI is InChI=1S/C12H18N4O/c1-8-6-11(10(3)15-14-8)12(17)16-5-4-13-9(2)7-16/h6,9,13H,4-5,7H2,1-3H3. The van der Waals surface area contributed by atoms with Crippen molar-refractivity contribution < 1.29 is 4.79 Å². The molecule has 2 rings (SSSR count). The number of nitrogens with one attached hydrogen (secondary N) is 1. The average molecular weight is 234 g/mol. The van der Waals surface area contributed by atoms with Crippen LogP contribution in [0.3, 0.4) is 0 Å². The first-order valence-corrected chi connectivity index (χ1v) is 5.91. The molecule has 0 aromatic carbocycles. The van der Waals surface area contributed by atoms with E-state index in [1.807, 2.05) is 24.8 Å². The summed E-state index contributed by atoms with van der Waals surface area (Å²) < 4.78 is 0. The highest BCUT2D eigenvalue weighted by Crippen LogP contribution is 2.11. The average Bonchev–Trinajstić information content (AvgIpc) is 2.31. The molecule has 17 heavy (non-hydrogen) atoms. The second kappa shape index (κ2) is 4.79. The normalized spacial score (nSPS) is 20.4. The van der Waals surface area contributed by atoms with Crippen LogP contribution in [0.2, 0.25) is 0 Å². The zero-order chi connectivity index (χ0) is 12.4. The molecule has 0 spiro atoms. The first-order valence-electron chi connectivity index (χ1n) is 5.91. The lowest BCUT2D eigenvalue weighted by Crippen LogP contribution is -2.51. The summed E-state index contributed by atoms with van der Waals surface area (Å²) in [5, 5.41) is 11.3. The number of carbonyl (C=O) groups excluding carboxylic acids is 1. The van der Waals surface area contributed by atoms with Crippen LogP contribution >= 0.6 is 0 Å². The summed E-state index contributed by atoms with van der Waals surface area (Å²) in [6.45, 7) is 8.12. The van der Waals surface area contributed by atoms with Crippen LogP contribution in [-0.4, -0.2) is 46.7 Å². The fraction of sp³-hybridized carbons (Fsp3) is 0.583. The minimum atomic E-state index is 0.0638. The van der Waals surface area contributed by atoms with Crippen molar-refractivity contribution in [2.45, 2.75) is 26.8 Å². The van der Waals surface area contributed by atoms with Crippen molar-refractivity contribution in [2.24, 2.45) is 0 Å². The van der Waals surface area contributed by atoms with Crippen LogP contribution in [0.5, 0.6) is 0 Å². The SMILES string of the molecule is Cc1cc(C(=O)N2CCNC(C)C2)c(C)nn1. The molecule has 1 aliphatic heterocycles. The fourth-order valence-electron chi connectivity index (χ4n) is 2.05. The maximum atomic E-state index is 12.3. The molecule has 1 N–H and O–H groups in total. The smallest absolute Gasteiger partial charge is 0.255 e. The van der Waals surface area contributed by atoms with Crippen LogP contribution in [0.1, 0.15) is 28.7 Å². The number of aryl methyl sites for hydroxylation is 2. The van der Waals surface area contributed by atoms with Crippen molar-refractivity contribution >= 4 is 5.91 Å². The molecular weight excluding hydrogens is 216 g/mol. The van der Waals surface area contributed by atoms with E-state index in [4.69, 9.17) is 0 Å². The van der Waals surface area contributed by atoms with Crippen molar-refractivity contribution in [1.29, 1.82) is 0 Å². The summed E-state index contributed by atoms with van der Waals surface area (Å²) in [4.78, 5) is 14.2. The van der Waals surface area contributed by atoms with Crippen molar-refractivity contribution in [2.75, 3.05) is 19.6 Å². The molecule has 1 saturated heterocycles. The number of rotatable bonds is 1. The predicted molar refractivity (Wildman–Crippen MR) is 64.9 cm³/mol. The molecule has 0 aliphatic carbocycles. The number of hydrogen-bond acceptors (Lipinski definition) is 4. The van der Waals surface area contributed by atoms with E-state index in [-0.39, 0.29) is 5.91 Å². The first-order chi connectivity index (χ1) is 8.08. The topological polar surface area (TPSA) is 58.1 Å². The number of nitrogens with zero attached hydrogens (tertiary/aromatic N) is 3. The molecule has 1 amide bonds. The molecule has 0 saturated carbocycles. The van der Waals surface area contributed by atoms with Gasteiger partial charge in [-0.15, -0.1) is 0 Å². The Labute approximate surface area is 101 Å². The third kappa shape index (κ3) is 2.61. The van der Waals surface area contributed by atoms with Crippen LogP contribution in [0.25, 0.3) is 0 Å². The zero-order valence-electron chi connectivity index (χ0n) is 10.5. The summed E-state index contributed by atoms with van der Waals surface area (Å²) in [6.07, 6.45) is 0. The van der Waals surface area contributed by atoms with E-state index in [2.05, 4.69) is 22.4 Å². The highest BCUT2D eigenvalue weighted by atomic mass is 16.2. The Bertz CT molecular complexity index is 433. The Balaban J connectivity index is 2.21. The van der Waals surface area contributed by atoms with Gasteiger partial charge in [-0.1, -0.05) is 0 Å². The first kappa shape index (κ1) is 12.0. The second-order valence-electron chi connectivity index (χ2n) is 4.59. The predicted octanol–water partition coefficient (Wildman–Crippen LogP) is 0.527. The highest BCUT2D eigenvalue weighted by molar-refractivity contribution is 5.95. The van der Waals surface area contributed by atoms with Crippen molar-refractivity contribution in [3.8, 4) is 0 Å². The summed E-state index contributed by atoms with van der Waals surface area (Å²) in [5.41, 5.74) is 2.15. The Kier molecular flexibility index (Phi) is 3.38. The van der Waals surface area contributed by atoms with E-state index < -0.39 is 0 Å². The molecule has 0 bridgehead atoms. The molecule has 2 heterocycles. The third-order valence-corrected chi connectivity index (χ3v) is 2.99. The number of amides is 1. The maximum Gasteiger partial charge on any atom is 0.255 e. The lowest BCUT2D eigenvalue weighted by atomic mass is 10.1. The summed E-state index contributed by atoms with van der Waals surface area (Å²) in [5.74, 6) is 0.0638. The van der Waals surface area contributed by atoms with Crippen LogP contribution in [0.4, 0.5) is 0 Å². The van der Waals surface area contributed by atoms with Gasteiger partial charge in [0.25, 0.3) is 5.91 Å². The maximum absolute atomic E-state index is 12.3. The van der Waals surface area contributed by atoms with Gasteiger partial charge in [0.15, 0.2) is 0 Å². The number of carbonyl (C=O) groups is 1. The zero-order valence-corrected chi connectivity index (χ0v) is 10.5. The number of piperazine rings is 1. The third-order valence-electron chi connectivity index (χ3n) is 2.99. The lowest BCUT2D eigenvalue weighted by Gasteiger charge is -2.32. The molecule has 1 aromatic rings. The van der Waals surface area contributed by atoms with Gasteiger partial charge in [0.1, 0.15) is 0 Å². The monoisotopic (exact) mass is 234 g/mol. The van der Waals surface area contributed by atoms with E-state index in [0.717, 1.165) is 25.3 Å². The van der Waals surface area contributed by atoms with Gasteiger partial charge in [0.05, 0.1) is 17.0 Å². The Morgan fingerprint density at radius 3 is 2.94 bits per heavy atom. The van der Waals surface area contributed by atoms with E-state index in [0.29, 0.717) is 17.3 Å². The Hall–Kier alpha value is -1.49. The molecular formula is C12H18N4O. The van der Waals surface area contributed by atoms with E-state index >= 15 is 0 Å². The van der Waals surface area contributed by atoms with Gasteiger partial charge in [0, 0.05) is 25.7 Å². The van der Waals surface area contributed by atoms with Gasteiger partial charge in [-0.05, 0) is 26.8 Å². The Morgan fingerprint density at radius 2 is 2.24 bits per heavy atom. The van der Waals surface area contributed by atoms with Gasteiger partial charge >= 0.3 is 0 Å². The molecule has 5 nitrogen and oxygen atoms in total. The van der Waals surface area contributed by atoms with Crippen molar-refractivity contribution in [3.63, 3.8) is 0 Å². The molecule has 5 heteroatoms. The summed E-state index contributed by atoms with van der Waals surface area (Å²) in [7, 11) is 0. The second-order valence-corrected chi connectivity index (χ2v) is 4.59. The number of hydrogen-bond donors (Lipinski definition) is 1. The van der Waals surface area contributed by atoms with Crippen LogP contribution in [-0.2, 0) is 0 Å². The van der Waals surface area contributed by atoms with Crippen molar-refractivity contribution in [3.05, 3.63) is 23.0 Å². The quantitative estimate of drug-likeness (QED) is 0.770. The van der Waals surface area contributed by atoms with E-state index in [1.165, 1.54) is 0 Å². The molecule has 1 fully saturated rings. The van der Waals surface area contributed by atoms with Crippen LogP contribution in [0.15, 0.2) is 6.07 Å². The number of aromatic nitrogens is 2. The van der Waals surface area contributed by atoms with Gasteiger partial charge in [0.2, 0.25) is 0 Å². The molecule has 1 aromatic heterocycles. The van der Waals surface area contributed by atoms with E-state index in [9.17, 15) is 4.79 Å². The molecule has 0 radical (unpaired) electrons. The Morgan fingerprint density at radius 1 is 1.47 bits per heavy atom. The molecule has 1 unspecified atom stereocenters.